The molecule has 1 amide bonds. The van der Waals surface area contributed by atoms with Crippen molar-refractivity contribution in [2.45, 2.75) is 86.2 Å². The lowest BCUT2D eigenvalue weighted by atomic mass is 9.59. The second-order valence-electron chi connectivity index (χ2n) is 15.4. The number of nitro benzene ring substituents is 1. The Labute approximate surface area is 304 Å². The summed E-state index contributed by atoms with van der Waals surface area (Å²) in [5, 5.41) is 15.6. The van der Waals surface area contributed by atoms with Gasteiger partial charge in [-0.2, -0.15) is 0 Å². The highest BCUT2D eigenvalue weighted by atomic mass is 32.2. The standard InChI is InChI=1S/C39H47N5O7S/c1-25-5-2-3-6-30(25)33-7-4-14-43(33)28-22-39(23-28)12-15-42(16-13-39)27-8-9-31(38(40)45)36(19-27)52(48,49)29-20-34(44(46)47)37-35(21-29)51-24-32(41-37)26-10-17-50-18-11-26/h2-3,5-6,8-9,19-21,26,28,32-33,41H,4,7,10-18,22-24H2,1H3,(H2,40,45)/t32-,33-/m0/s1. The number of primary amides is 1. The fourth-order valence-corrected chi connectivity index (χ4v) is 11.0. The maximum atomic E-state index is 14.3. The number of amides is 1. The molecule has 0 unspecified atom stereocenters. The number of carbonyl (C=O) groups excluding carboxylic acids is 1. The van der Waals surface area contributed by atoms with E-state index in [4.69, 9.17) is 15.2 Å². The van der Waals surface area contributed by atoms with Crippen LogP contribution in [0, 0.1) is 28.4 Å². The third-order valence-corrected chi connectivity index (χ3v) is 14.3. The number of hydrogen-bond donors (Lipinski definition) is 2. The second-order valence-corrected chi connectivity index (χ2v) is 17.4. The van der Waals surface area contributed by atoms with Crippen LogP contribution >= 0.6 is 0 Å². The summed E-state index contributed by atoms with van der Waals surface area (Å²) in [6, 6.07) is 16.7. The lowest BCUT2D eigenvalue weighted by molar-refractivity contribution is -0.384. The summed E-state index contributed by atoms with van der Waals surface area (Å²) in [5.74, 6) is -0.589. The molecule has 1 saturated carbocycles. The highest BCUT2D eigenvalue weighted by Crippen LogP contribution is 2.54. The summed E-state index contributed by atoms with van der Waals surface area (Å²) in [6.07, 6.45) is 8.38. The number of rotatable bonds is 8. The van der Waals surface area contributed by atoms with Crippen molar-refractivity contribution in [3.8, 4) is 5.75 Å². The number of carbonyl (C=O) groups is 1. The van der Waals surface area contributed by atoms with Gasteiger partial charge < -0.3 is 25.4 Å². The molecule has 4 fully saturated rings. The molecule has 0 aromatic heterocycles. The zero-order valence-corrected chi connectivity index (χ0v) is 30.4. The highest BCUT2D eigenvalue weighted by Gasteiger charge is 2.50. The molecule has 0 radical (unpaired) electrons. The number of nitro groups is 1. The summed E-state index contributed by atoms with van der Waals surface area (Å²) in [5.41, 5.74) is 9.07. The van der Waals surface area contributed by atoms with Gasteiger partial charge in [-0.05, 0) is 105 Å². The van der Waals surface area contributed by atoms with Gasteiger partial charge >= 0.3 is 0 Å². The van der Waals surface area contributed by atoms with Crippen LogP contribution in [-0.2, 0) is 14.6 Å². The molecule has 13 heteroatoms. The molecule has 1 spiro atoms. The molecule has 4 aliphatic heterocycles. The molecular weight excluding hydrogens is 683 g/mol. The van der Waals surface area contributed by atoms with Gasteiger partial charge in [0, 0.05) is 56.2 Å². The van der Waals surface area contributed by atoms with Crippen LogP contribution in [0.1, 0.15) is 78.9 Å². The van der Waals surface area contributed by atoms with Crippen LogP contribution in [0.25, 0.3) is 0 Å². The van der Waals surface area contributed by atoms with E-state index >= 15 is 0 Å². The number of fused-ring (bicyclic) bond motifs is 1. The lowest BCUT2D eigenvalue weighted by Crippen LogP contribution is -2.54. The van der Waals surface area contributed by atoms with Gasteiger partial charge in [-0.1, -0.05) is 24.3 Å². The van der Waals surface area contributed by atoms with Crippen molar-refractivity contribution in [2.24, 2.45) is 17.1 Å². The van der Waals surface area contributed by atoms with Crippen molar-refractivity contribution in [1.29, 1.82) is 0 Å². The van der Waals surface area contributed by atoms with Crippen molar-refractivity contribution in [1.82, 2.24) is 4.90 Å². The first-order chi connectivity index (χ1) is 25.0. The molecule has 3 saturated heterocycles. The van der Waals surface area contributed by atoms with E-state index in [9.17, 15) is 23.3 Å². The van der Waals surface area contributed by atoms with Gasteiger partial charge in [0.2, 0.25) is 15.7 Å². The zero-order chi connectivity index (χ0) is 36.2. The number of anilines is 2. The Bertz CT molecular complexity index is 1980. The predicted octanol–water partition coefficient (Wildman–Crippen LogP) is 6.02. The average molecular weight is 730 g/mol. The normalized spacial score (nSPS) is 23.8. The number of nitrogens with zero attached hydrogens (tertiary/aromatic N) is 3. The fourth-order valence-electron chi connectivity index (χ4n) is 9.52. The number of nitrogens with two attached hydrogens (primary N) is 1. The summed E-state index contributed by atoms with van der Waals surface area (Å²) >= 11 is 0. The van der Waals surface area contributed by atoms with Gasteiger partial charge in [0.05, 0.1) is 26.3 Å². The van der Waals surface area contributed by atoms with Crippen LogP contribution in [-0.4, -0.2) is 75.7 Å². The van der Waals surface area contributed by atoms with E-state index in [-0.39, 0.29) is 50.8 Å². The first kappa shape index (κ1) is 34.9. The van der Waals surface area contributed by atoms with Crippen LogP contribution in [0.2, 0.25) is 0 Å². The number of likely N-dealkylation sites (tertiary alicyclic amines) is 1. The first-order valence-corrected chi connectivity index (χ1v) is 20.1. The number of hydrogen-bond acceptors (Lipinski definition) is 10. The van der Waals surface area contributed by atoms with Crippen LogP contribution in [0.4, 0.5) is 17.1 Å². The van der Waals surface area contributed by atoms with Crippen molar-refractivity contribution in [3.63, 3.8) is 0 Å². The largest absolute Gasteiger partial charge is 0.489 e. The SMILES string of the molecule is Cc1ccccc1[C@@H]1CCCN1C1CC2(CCN(c3ccc(C(N)=O)c(S(=O)(=O)c4cc5c(c([N+](=O)[O-])c4)N[C@H](C4CCOCC4)CO5)c3)CC2)C1. The first-order valence-electron chi connectivity index (χ1n) is 18.6. The monoisotopic (exact) mass is 729 g/mol. The molecule has 3 aromatic rings. The quantitative estimate of drug-likeness (QED) is 0.208. The van der Waals surface area contributed by atoms with Crippen molar-refractivity contribution in [3.05, 3.63) is 81.4 Å². The number of piperidine rings is 1. The minimum atomic E-state index is -4.43. The molecule has 3 aromatic carbocycles. The van der Waals surface area contributed by atoms with Gasteiger partial charge in [-0.25, -0.2) is 8.42 Å². The maximum Gasteiger partial charge on any atom is 0.297 e. The maximum absolute atomic E-state index is 14.3. The van der Waals surface area contributed by atoms with Crippen LogP contribution in [0.3, 0.4) is 0 Å². The van der Waals surface area contributed by atoms with Crippen molar-refractivity contribution in [2.75, 3.05) is 49.7 Å². The zero-order valence-electron chi connectivity index (χ0n) is 29.6. The summed E-state index contributed by atoms with van der Waals surface area (Å²) in [7, 11) is -4.43. The topological polar surface area (TPSA) is 157 Å². The number of ether oxygens (including phenoxy) is 2. The van der Waals surface area contributed by atoms with Gasteiger partial charge in [0.1, 0.15) is 6.61 Å². The number of aryl methyl sites for hydroxylation is 1. The van der Waals surface area contributed by atoms with E-state index in [1.807, 2.05) is 0 Å². The minimum Gasteiger partial charge on any atom is -0.489 e. The van der Waals surface area contributed by atoms with Crippen LogP contribution < -0.4 is 20.7 Å². The number of benzene rings is 3. The number of nitrogens with one attached hydrogen (secondary N) is 1. The smallest absolute Gasteiger partial charge is 0.297 e. The predicted molar refractivity (Wildman–Crippen MR) is 197 cm³/mol. The number of sulfone groups is 1. The average Bonchev–Trinajstić information content (AvgIpc) is 3.62. The lowest BCUT2D eigenvalue weighted by Gasteiger charge is -2.56. The summed E-state index contributed by atoms with van der Waals surface area (Å²) in [6.45, 7) is 6.35. The Morgan fingerprint density at radius 2 is 1.77 bits per heavy atom. The van der Waals surface area contributed by atoms with E-state index < -0.39 is 26.4 Å². The van der Waals surface area contributed by atoms with E-state index in [1.165, 1.54) is 55.0 Å². The Hall–Kier alpha value is -4.20. The van der Waals surface area contributed by atoms with Crippen LogP contribution in [0.5, 0.6) is 5.75 Å². The van der Waals surface area contributed by atoms with E-state index in [2.05, 4.69) is 46.3 Å². The van der Waals surface area contributed by atoms with E-state index in [1.54, 1.807) is 6.07 Å². The Morgan fingerprint density at radius 3 is 2.48 bits per heavy atom. The molecule has 0 bridgehead atoms. The molecule has 2 atom stereocenters. The van der Waals surface area contributed by atoms with Crippen molar-refractivity contribution >= 4 is 32.8 Å². The van der Waals surface area contributed by atoms with E-state index in [0.717, 1.165) is 51.4 Å². The summed E-state index contributed by atoms with van der Waals surface area (Å²) in [4.78, 5) is 28.6. The van der Waals surface area contributed by atoms with Crippen LogP contribution in [0.15, 0.2) is 64.4 Å². The van der Waals surface area contributed by atoms with Crippen molar-refractivity contribution < 1.29 is 27.6 Å². The summed E-state index contributed by atoms with van der Waals surface area (Å²) < 4.78 is 40.0. The van der Waals surface area contributed by atoms with Gasteiger partial charge in [-0.15, -0.1) is 0 Å². The highest BCUT2D eigenvalue weighted by molar-refractivity contribution is 7.91. The molecular formula is C39H47N5O7S. The Balaban J connectivity index is 0.998. The third kappa shape index (κ3) is 6.30. The Kier molecular flexibility index (Phi) is 9.15. The van der Waals surface area contributed by atoms with Gasteiger partial charge in [-0.3, -0.25) is 19.8 Å². The Morgan fingerprint density at radius 1 is 1.02 bits per heavy atom. The molecule has 12 nitrogen and oxygen atoms in total. The molecule has 5 aliphatic rings. The fraction of sp³-hybridized carbons (Fsp3) is 0.513. The minimum absolute atomic E-state index is 0.0900. The molecule has 276 valence electrons. The second kappa shape index (κ2) is 13.7. The molecule has 1 aliphatic carbocycles. The molecule has 8 rings (SSSR count). The van der Waals surface area contributed by atoms with E-state index in [0.29, 0.717) is 31.0 Å². The molecule has 52 heavy (non-hydrogen) atoms. The molecule has 3 N–H and O–H groups in total. The molecule has 4 heterocycles. The van der Waals surface area contributed by atoms with Gasteiger partial charge in [0.25, 0.3) is 5.69 Å². The van der Waals surface area contributed by atoms with Gasteiger partial charge in [0.15, 0.2) is 11.4 Å². The third-order valence-electron chi connectivity index (χ3n) is 12.5.